The van der Waals surface area contributed by atoms with Crippen LogP contribution < -0.4 is 5.32 Å². The summed E-state index contributed by atoms with van der Waals surface area (Å²) in [5.74, 6) is -3.97. The molecule has 0 radical (unpaired) electrons. The summed E-state index contributed by atoms with van der Waals surface area (Å²) < 4.78 is 30.9. The lowest BCUT2D eigenvalue weighted by atomic mass is 10.1. The van der Waals surface area contributed by atoms with E-state index in [0.29, 0.717) is 19.1 Å². The van der Waals surface area contributed by atoms with Crippen molar-refractivity contribution in [3.05, 3.63) is 35.4 Å². The predicted molar refractivity (Wildman–Crippen MR) is 66.4 cm³/mol. The van der Waals surface area contributed by atoms with Gasteiger partial charge in [-0.3, -0.25) is 4.79 Å². The summed E-state index contributed by atoms with van der Waals surface area (Å²) >= 11 is 0. The number of rotatable bonds is 7. The minimum atomic E-state index is -1.23. The van der Waals surface area contributed by atoms with Crippen LogP contribution in [0.1, 0.15) is 23.2 Å². The zero-order valence-electron chi connectivity index (χ0n) is 10.9. The largest absolute Gasteiger partial charge is 0.480 e. The standard InChI is InChI=1S/C13H15F2NO4/c1-20-6-2-3-11(13(18)19)16-12(17)9-5-4-8(14)7-10(9)15/h4-5,7,11H,2-3,6H2,1H3,(H,16,17)(H,18,19). The lowest BCUT2D eigenvalue weighted by Crippen LogP contribution is -2.41. The number of benzene rings is 1. The van der Waals surface area contributed by atoms with Gasteiger partial charge in [0.15, 0.2) is 0 Å². The molecule has 1 aromatic carbocycles. The molecule has 0 heterocycles. The first-order valence-corrected chi connectivity index (χ1v) is 5.93. The molecule has 110 valence electrons. The SMILES string of the molecule is COCCCC(NC(=O)c1ccc(F)cc1F)C(=O)O. The van der Waals surface area contributed by atoms with Crippen LogP contribution in [0, 0.1) is 11.6 Å². The van der Waals surface area contributed by atoms with Crippen molar-refractivity contribution >= 4 is 11.9 Å². The molecular weight excluding hydrogens is 272 g/mol. The third kappa shape index (κ3) is 4.58. The van der Waals surface area contributed by atoms with Gasteiger partial charge in [0.25, 0.3) is 5.91 Å². The molecule has 0 aliphatic rings. The minimum Gasteiger partial charge on any atom is -0.480 e. The van der Waals surface area contributed by atoms with Crippen LogP contribution >= 0.6 is 0 Å². The number of ether oxygens (including phenoxy) is 1. The molecule has 20 heavy (non-hydrogen) atoms. The zero-order valence-corrected chi connectivity index (χ0v) is 10.9. The lowest BCUT2D eigenvalue weighted by Gasteiger charge is -2.14. The highest BCUT2D eigenvalue weighted by Crippen LogP contribution is 2.10. The Morgan fingerprint density at radius 2 is 2.10 bits per heavy atom. The summed E-state index contributed by atoms with van der Waals surface area (Å²) in [6.45, 7) is 0.352. The fourth-order valence-electron chi connectivity index (χ4n) is 1.60. The Bertz CT molecular complexity index is 493. The monoisotopic (exact) mass is 287 g/mol. The number of carboxylic acids is 1. The van der Waals surface area contributed by atoms with Gasteiger partial charge in [-0.25, -0.2) is 13.6 Å². The number of nitrogens with one attached hydrogen (secondary N) is 1. The Kier molecular flexibility index (Phi) is 6.05. The van der Waals surface area contributed by atoms with Crippen molar-refractivity contribution < 1.29 is 28.2 Å². The Labute approximate surface area is 114 Å². The molecule has 0 aliphatic heterocycles. The van der Waals surface area contributed by atoms with E-state index >= 15 is 0 Å². The first-order valence-electron chi connectivity index (χ1n) is 5.93. The molecule has 1 amide bonds. The molecule has 1 rings (SSSR count). The van der Waals surface area contributed by atoms with E-state index in [1.807, 2.05) is 0 Å². The van der Waals surface area contributed by atoms with Crippen molar-refractivity contribution in [1.29, 1.82) is 0 Å². The van der Waals surface area contributed by atoms with Crippen LogP contribution in [0.25, 0.3) is 0 Å². The molecule has 0 fully saturated rings. The molecule has 0 aliphatic carbocycles. The molecule has 2 N–H and O–H groups in total. The fraction of sp³-hybridized carbons (Fsp3) is 0.385. The number of halogens is 2. The van der Waals surface area contributed by atoms with Gasteiger partial charge in [0.1, 0.15) is 17.7 Å². The van der Waals surface area contributed by atoms with E-state index in [1.54, 1.807) is 0 Å². The van der Waals surface area contributed by atoms with Crippen LogP contribution in [0.15, 0.2) is 18.2 Å². The van der Waals surface area contributed by atoms with Crippen molar-refractivity contribution in [1.82, 2.24) is 5.32 Å². The molecule has 1 atom stereocenters. The smallest absolute Gasteiger partial charge is 0.326 e. The van der Waals surface area contributed by atoms with Gasteiger partial charge >= 0.3 is 5.97 Å². The van der Waals surface area contributed by atoms with Crippen molar-refractivity contribution in [3.63, 3.8) is 0 Å². The van der Waals surface area contributed by atoms with E-state index < -0.39 is 35.1 Å². The van der Waals surface area contributed by atoms with Gasteiger partial charge in [0.2, 0.25) is 0 Å². The highest BCUT2D eigenvalue weighted by atomic mass is 19.1. The average molecular weight is 287 g/mol. The Morgan fingerprint density at radius 1 is 1.40 bits per heavy atom. The number of carbonyl (C=O) groups is 2. The molecule has 0 saturated carbocycles. The second-order valence-electron chi connectivity index (χ2n) is 4.12. The van der Waals surface area contributed by atoms with Gasteiger partial charge in [0.05, 0.1) is 5.56 Å². The highest BCUT2D eigenvalue weighted by Gasteiger charge is 2.22. The number of hydrogen-bond donors (Lipinski definition) is 2. The third-order valence-electron chi connectivity index (χ3n) is 2.62. The van der Waals surface area contributed by atoms with Gasteiger partial charge in [-0.15, -0.1) is 0 Å². The first-order chi connectivity index (χ1) is 9.45. The summed E-state index contributed by atoms with van der Waals surface area (Å²) in [7, 11) is 1.47. The summed E-state index contributed by atoms with van der Waals surface area (Å²) in [5.41, 5.74) is -0.399. The number of amides is 1. The average Bonchev–Trinajstić information content (AvgIpc) is 2.37. The molecule has 7 heteroatoms. The van der Waals surface area contributed by atoms with Crippen molar-refractivity contribution in [2.75, 3.05) is 13.7 Å². The van der Waals surface area contributed by atoms with E-state index in [-0.39, 0.29) is 6.42 Å². The normalized spacial score (nSPS) is 11.9. The van der Waals surface area contributed by atoms with Crippen molar-refractivity contribution in [2.45, 2.75) is 18.9 Å². The van der Waals surface area contributed by atoms with Gasteiger partial charge in [-0.2, -0.15) is 0 Å². The molecule has 1 unspecified atom stereocenters. The van der Waals surface area contributed by atoms with E-state index in [1.165, 1.54) is 7.11 Å². The van der Waals surface area contributed by atoms with Crippen molar-refractivity contribution in [2.24, 2.45) is 0 Å². The maximum atomic E-state index is 13.4. The Morgan fingerprint density at radius 3 is 2.65 bits per heavy atom. The summed E-state index contributed by atoms with van der Waals surface area (Å²) in [4.78, 5) is 22.7. The Hall–Kier alpha value is -2.02. The maximum absolute atomic E-state index is 13.4. The van der Waals surface area contributed by atoms with E-state index in [9.17, 15) is 18.4 Å². The topological polar surface area (TPSA) is 75.6 Å². The molecular formula is C13H15F2NO4. The highest BCUT2D eigenvalue weighted by molar-refractivity contribution is 5.96. The number of aliphatic carboxylic acids is 1. The van der Waals surface area contributed by atoms with Gasteiger partial charge in [-0.05, 0) is 25.0 Å². The molecule has 0 saturated heterocycles. The fourth-order valence-corrected chi connectivity index (χ4v) is 1.60. The van der Waals surface area contributed by atoms with Crippen LogP contribution in [0.4, 0.5) is 8.78 Å². The quantitative estimate of drug-likeness (QED) is 0.746. The van der Waals surface area contributed by atoms with Crippen molar-refractivity contribution in [3.8, 4) is 0 Å². The number of hydrogen-bond acceptors (Lipinski definition) is 3. The lowest BCUT2D eigenvalue weighted by molar-refractivity contribution is -0.139. The zero-order chi connectivity index (χ0) is 15.1. The van der Waals surface area contributed by atoms with Gasteiger partial charge < -0.3 is 15.2 Å². The molecule has 5 nitrogen and oxygen atoms in total. The van der Waals surface area contributed by atoms with E-state index in [2.05, 4.69) is 5.32 Å². The minimum absolute atomic E-state index is 0.151. The van der Waals surface area contributed by atoms with Crippen LogP contribution in [-0.2, 0) is 9.53 Å². The second kappa shape index (κ2) is 7.54. The van der Waals surface area contributed by atoms with Crippen LogP contribution in [0.3, 0.4) is 0 Å². The van der Waals surface area contributed by atoms with Gasteiger partial charge in [0, 0.05) is 19.8 Å². The summed E-state index contributed by atoms with van der Waals surface area (Å²) in [6, 6.07) is 1.31. The van der Waals surface area contributed by atoms with Crippen LogP contribution in [0.2, 0.25) is 0 Å². The molecule has 0 aromatic heterocycles. The number of carboxylic acid groups (broad SMARTS) is 1. The summed E-state index contributed by atoms with van der Waals surface area (Å²) in [5, 5.41) is 11.2. The van der Waals surface area contributed by atoms with E-state index in [4.69, 9.17) is 9.84 Å². The Balaban J connectivity index is 2.72. The molecule has 0 spiro atoms. The third-order valence-corrected chi connectivity index (χ3v) is 2.62. The maximum Gasteiger partial charge on any atom is 0.326 e. The number of carbonyl (C=O) groups excluding carboxylic acids is 1. The summed E-state index contributed by atoms with van der Waals surface area (Å²) in [6.07, 6.45) is 0.581. The number of methoxy groups -OCH3 is 1. The van der Waals surface area contributed by atoms with Crippen LogP contribution in [-0.4, -0.2) is 36.7 Å². The predicted octanol–water partition coefficient (Wildman–Crippen LogP) is 1.57. The van der Waals surface area contributed by atoms with E-state index in [0.717, 1.165) is 12.1 Å². The molecule has 1 aromatic rings. The molecule has 0 bridgehead atoms. The van der Waals surface area contributed by atoms with Gasteiger partial charge in [-0.1, -0.05) is 0 Å². The first kappa shape index (κ1) is 16.0. The van der Waals surface area contributed by atoms with Crippen LogP contribution in [0.5, 0.6) is 0 Å². The second-order valence-corrected chi connectivity index (χ2v) is 4.12.